The maximum atomic E-state index is 13.9. The SMILES string of the molecule is CC(=O)SCCN(CCc1ccccc1)C(=O)NC(Cc1ccc([N+](=O)[O-])cc1)C(=O)N1CCN(C2CCCCC2)CC1. The zero-order valence-corrected chi connectivity index (χ0v) is 25.8. The molecule has 1 aliphatic carbocycles. The number of nitrogens with one attached hydrogen (secondary N) is 1. The lowest BCUT2D eigenvalue weighted by molar-refractivity contribution is -0.384. The molecule has 1 saturated heterocycles. The van der Waals surface area contributed by atoms with Crippen LogP contribution in [0, 0.1) is 10.1 Å². The van der Waals surface area contributed by atoms with E-state index in [1.807, 2.05) is 35.2 Å². The minimum atomic E-state index is -0.824. The molecule has 1 heterocycles. The predicted octanol–water partition coefficient (Wildman–Crippen LogP) is 4.52. The number of hydrogen-bond acceptors (Lipinski definition) is 7. The van der Waals surface area contributed by atoms with Gasteiger partial charge in [0, 0.05) is 76.5 Å². The third-order valence-corrected chi connectivity index (χ3v) is 9.16. The molecule has 0 spiro atoms. The van der Waals surface area contributed by atoms with Crippen molar-refractivity contribution in [3.05, 3.63) is 75.8 Å². The molecule has 0 radical (unpaired) electrons. The summed E-state index contributed by atoms with van der Waals surface area (Å²) in [4.78, 5) is 55.9. The van der Waals surface area contributed by atoms with E-state index in [1.54, 1.807) is 17.0 Å². The molecule has 1 N–H and O–H groups in total. The van der Waals surface area contributed by atoms with Crippen molar-refractivity contribution in [2.24, 2.45) is 0 Å². The van der Waals surface area contributed by atoms with Gasteiger partial charge < -0.3 is 15.1 Å². The number of thioether (sulfide) groups is 1. The number of hydrogen-bond donors (Lipinski definition) is 1. The van der Waals surface area contributed by atoms with Crippen molar-refractivity contribution >= 4 is 34.5 Å². The monoisotopic (exact) mass is 609 g/mol. The second-order valence-electron chi connectivity index (χ2n) is 11.3. The van der Waals surface area contributed by atoms with E-state index in [0.717, 1.165) is 24.2 Å². The molecule has 4 rings (SSSR count). The van der Waals surface area contributed by atoms with Gasteiger partial charge in [-0.3, -0.25) is 24.6 Å². The van der Waals surface area contributed by atoms with E-state index in [0.29, 0.717) is 44.4 Å². The second-order valence-corrected chi connectivity index (χ2v) is 12.6. The maximum absolute atomic E-state index is 13.9. The fraction of sp³-hybridized carbons (Fsp3) is 0.531. The molecule has 2 fully saturated rings. The highest BCUT2D eigenvalue weighted by Gasteiger charge is 2.32. The number of urea groups is 1. The summed E-state index contributed by atoms with van der Waals surface area (Å²) in [5, 5.41) is 14.1. The number of non-ortho nitro benzene ring substituents is 1. The van der Waals surface area contributed by atoms with E-state index >= 15 is 0 Å². The molecule has 2 aliphatic rings. The van der Waals surface area contributed by atoms with Crippen LogP contribution in [0.25, 0.3) is 0 Å². The first-order valence-electron chi connectivity index (χ1n) is 15.3. The van der Waals surface area contributed by atoms with Gasteiger partial charge in [0.1, 0.15) is 6.04 Å². The fourth-order valence-electron chi connectivity index (χ4n) is 5.93. The lowest BCUT2D eigenvalue weighted by Gasteiger charge is -2.41. The van der Waals surface area contributed by atoms with Gasteiger partial charge in [0.25, 0.3) is 5.69 Å². The highest BCUT2D eigenvalue weighted by atomic mass is 32.2. The minimum absolute atomic E-state index is 0.0120. The zero-order valence-electron chi connectivity index (χ0n) is 25.0. The maximum Gasteiger partial charge on any atom is 0.318 e. The van der Waals surface area contributed by atoms with Crippen LogP contribution in [-0.4, -0.2) is 93.8 Å². The molecule has 0 bridgehead atoms. The number of piperazine rings is 1. The Morgan fingerprint density at radius 3 is 2.26 bits per heavy atom. The van der Waals surface area contributed by atoms with Gasteiger partial charge in [-0.15, -0.1) is 0 Å². The number of nitro benzene ring substituents is 1. The van der Waals surface area contributed by atoms with Crippen molar-refractivity contribution in [1.29, 1.82) is 0 Å². The third kappa shape index (κ3) is 10.1. The summed E-state index contributed by atoms with van der Waals surface area (Å²) < 4.78 is 0. The minimum Gasteiger partial charge on any atom is -0.338 e. The van der Waals surface area contributed by atoms with Gasteiger partial charge in [-0.05, 0) is 30.4 Å². The van der Waals surface area contributed by atoms with Gasteiger partial charge in [-0.25, -0.2) is 4.79 Å². The number of amides is 3. The Bertz CT molecular complexity index is 1210. The number of nitro groups is 1. The highest BCUT2D eigenvalue weighted by molar-refractivity contribution is 8.13. The summed E-state index contributed by atoms with van der Waals surface area (Å²) in [6, 6.07) is 15.4. The van der Waals surface area contributed by atoms with Gasteiger partial charge in [-0.1, -0.05) is 73.5 Å². The highest BCUT2D eigenvalue weighted by Crippen LogP contribution is 2.24. The van der Waals surface area contributed by atoms with Crippen LogP contribution < -0.4 is 5.32 Å². The van der Waals surface area contributed by atoms with Crippen LogP contribution in [0.5, 0.6) is 0 Å². The molecule has 1 aliphatic heterocycles. The first kappa shape index (κ1) is 32.5. The Morgan fingerprint density at radius 1 is 0.953 bits per heavy atom. The van der Waals surface area contributed by atoms with Crippen LogP contribution in [0.2, 0.25) is 0 Å². The van der Waals surface area contributed by atoms with E-state index in [4.69, 9.17) is 0 Å². The van der Waals surface area contributed by atoms with Gasteiger partial charge >= 0.3 is 6.03 Å². The van der Waals surface area contributed by atoms with Crippen molar-refractivity contribution in [3.63, 3.8) is 0 Å². The molecule has 1 unspecified atom stereocenters. The smallest absolute Gasteiger partial charge is 0.318 e. The van der Waals surface area contributed by atoms with Gasteiger partial charge in [0.05, 0.1) is 4.92 Å². The van der Waals surface area contributed by atoms with E-state index < -0.39 is 11.0 Å². The standard InChI is InChI=1S/C32H43N5O5S/c1-25(38)43-23-22-36(17-16-26-8-4-2-5-9-26)32(40)33-30(24-27-12-14-29(15-13-27)37(41)42)31(39)35-20-18-34(19-21-35)28-10-6-3-7-11-28/h2,4-5,8-9,12-15,28,30H,3,6-7,10-11,16-24H2,1H3,(H,33,40). The van der Waals surface area contributed by atoms with Crippen LogP contribution in [0.15, 0.2) is 54.6 Å². The van der Waals surface area contributed by atoms with Crippen LogP contribution in [0.3, 0.4) is 0 Å². The van der Waals surface area contributed by atoms with Crippen molar-refractivity contribution < 1.29 is 19.3 Å². The Morgan fingerprint density at radius 2 is 1.63 bits per heavy atom. The Balaban J connectivity index is 1.46. The van der Waals surface area contributed by atoms with Crippen molar-refractivity contribution in [2.45, 2.75) is 64.0 Å². The summed E-state index contributed by atoms with van der Waals surface area (Å²) in [5.41, 5.74) is 1.80. The summed E-state index contributed by atoms with van der Waals surface area (Å²) in [6.07, 6.45) is 7.12. The predicted molar refractivity (Wildman–Crippen MR) is 169 cm³/mol. The van der Waals surface area contributed by atoms with Crippen molar-refractivity contribution in [2.75, 3.05) is 45.0 Å². The molecule has 2 aromatic carbocycles. The van der Waals surface area contributed by atoms with Crippen LogP contribution >= 0.6 is 11.8 Å². The topological polar surface area (TPSA) is 116 Å². The Hall–Kier alpha value is -3.44. The van der Waals surface area contributed by atoms with E-state index in [1.165, 1.54) is 62.9 Å². The van der Waals surface area contributed by atoms with Crippen LogP contribution in [0.1, 0.15) is 50.2 Å². The molecule has 2 aromatic rings. The van der Waals surface area contributed by atoms with Crippen molar-refractivity contribution in [1.82, 2.24) is 20.0 Å². The summed E-state index contributed by atoms with van der Waals surface area (Å²) in [6.45, 7) is 5.16. The zero-order chi connectivity index (χ0) is 30.6. The number of carbonyl (C=O) groups is 3. The lowest BCUT2D eigenvalue weighted by Crippen LogP contribution is -2.58. The van der Waals surface area contributed by atoms with Gasteiger partial charge in [0.15, 0.2) is 5.12 Å². The molecule has 3 amide bonds. The normalized spacial score (nSPS) is 16.8. The average Bonchev–Trinajstić information content (AvgIpc) is 3.03. The number of nitrogens with zero attached hydrogens (tertiary/aromatic N) is 4. The first-order valence-corrected chi connectivity index (χ1v) is 16.3. The molecule has 11 heteroatoms. The van der Waals surface area contributed by atoms with Crippen molar-refractivity contribution in [3.8, 4) is 0 Å². The molecule has 1 saturated carbocycles. The molecular formula is C32H43N5O5S. The third-order valence-electron chi connectivity index (χ3n) is 8.37. The summed E-state index contributed by atoms with van der Waals surface area (Å²) in [5.74, 6) is 0.317. The average molecular weight is 610 g/mol. The number of benzene rings is 2. The Kier molecular flexibility index (Phi) is 12.4. The fourth-order valence-corrected chi connectivity index (χ4v) is 6.53. The second kappa shape index (κ2) is 16.4. The molecule has 10 nitrogen and oxygen atoms in total. The van der Waals surface area contributed by atoms with E-state index in [-0.39, 0.29) is 29.2 Å². The summed E-state index contributed by atoms with van der Waals surface area (Å²) in [7, 11) is 0. The molecule has 0 aromatic heterocycles. The molecule has 232 valence electrons. The number of rotatable bonds is 12. The quantitative estimate of drug-likeness (QED) is 0.278. The number of carbonyl (C=O) groups excluding carboxylic acids is 3. The Labute approximate surface area is 258 Å². The first-order chi connectivity index (χ1) is 20.8. The van der Waals surface area contributed by atoms with Crippen LogP contribution in [0.4, 0.5) is 10.5 Å². The van der Waals surface area contributed by atoms with Gasteiger partial charge in [0.2, 0.25) is 5.91 Å². The van der Waals surface area contributed by atoms with Gasteiger partial charge in [-0.2, -0.15) is 0 Å². The molecular weight excluding hydrogens is 566 g/mol. The van der Waals surface area contributed by atoms with E-state index in [2.05, 4.69) is 10.2 Å². The van der Waals surface area contributed by atoms with E-state index in [9.17, 15) is 24.5 Å². The van der Waals surface area contributed by atoms with Crippen LogP contribution in [-0.2, 0) is 22.4 Å². The largest absolute Gasteiger partial charge is 0.338 e. The summed E-state index contributed by atoms with van der Waals surface area (Å²) >= 11 is 1.17. The lowest BCUT2D eigenvalue weighted by atomic mass is 9.94. The molecule has 1 atom stereocenters. The molecule has 43 heavy (non-hydrogen) atoms.